The zero-order valence-corrected chi connectivity index (χ0v) is 18.8. The van der Waals surface area contributed by atoms with Crippen molar-refractivity contribution in [3.8, 4) is 0 Å². The molecule has 0 aromatic carbocycles. The van der Waals surface area contributed by atoms with Gasteiger partial charge in [-0.3, -0.25) is 4.99 Å². The lowest BCUT2D eigenvalue weighted by molar-refractivity contribution is 0.271. The van der Waals surface area contributed by atoms with Crippen molar-refractivity contribution in [3.05, 3.63) is 21.9 Å². The number of nitrogens with zero attached hydrogens (tertiary/aromatic N) is 2. The Hall–Kier alpha value is -0.340. The summed E-state index contributed by atoms with van der Waals surface area (Å²) in [4.78, 5) is 9.97. The molecule has 0 amide bonds. The molecule has 1 fully saturated rings. The highest BCUT2D eigenvalue weighted by molar-refractivity contribution is 14.0. The maximum atomic E-state index is 4.84. The van der Waals surface area contributed by atoms with Crippen LogP contribution in [0.4, 0.5) is 0 Å². The molecule has 2 rings (SSSR count). The molecule has 4 nitrogen and oxygen atoms in total. The summed E-state index contributed by atoms with van der Waals surface area (Å²) in [7, 11) is 4.33. The van der Waals surface area contributed by atoms with Crippen molar-refractivity contribution in [3.63, 3.8) is 0 Å². The molecular weight excluding hydrogens is 431 g/mol. The molecule has 2 N–H and O–H groups in total. The second-order valence-electron chi connectivity index (χ2n) is 6.85. The number of likely N-dealkylation sites (N-methyl/N-ethyl adjacent to an activating group) is 1. The van der Waals surface area contributed by atoms with E-state index in [1.807, 2.05) is 11.3 Å². The molecule has 0 aliphatic heterocycles. The van der Waals surface area contributed by atoms with Crippen LogP contribution in [0.25, 0.3) is 0 Å². The summed E-state index contributed by atoms with van der Waals surface area (Å²) >= 11 is 1.88. The highest BCUT2D eigenvalue weighted by Gasteiger charge is 2.32. The van der Waals surface area contributed by atoms with Gasteiger partial charge in [0.2, 0.25) is 0 Å². The van der Waals surface area contributed by atoms with Crippen molar-refractivity contribution in [2.45, 2.75) is 52.1 Å². The van der Waals surface area contributed by atoms with Gasteiger partial charge in [0.05, 0.1) is 6.54 Å². The molecule has 1 aliphatic rings. The van der Waals surface area contributed by atoms with Gasteiger partial charge in [-0.1, -0.05) is 0 Å². The number of thiophene rings is 1. The Bertz CT molecular complexity index is 509. The molecule has 1 aromatic heterocycles. The fraction of sp³-hybridized carbons (Fsp3) is 0.722. The Morgan fingerprint density at radius 2 is 2.08 bits per heavy atom. The number of aryl methyl sites for hydroxylation is 1. The van der Waals surface area contributed by atoms with E-state index in [2.05, 4.69) is 62.5 Å². The quantitative estimate of drug-likeness (QED) is 0.352. The van der Waals surface area contributed by atoms with E-state index < -0.39 is 0 Å². The largest absolute Gasteiger partial charge is 0.357 e. The minimum atomic E-state index is 0. The summed E-state index contributed by atoms with van der Waals surface area (Å²) in [5.41, 5.74) is 0. The van der Waals surface area contributed by atoms with Crippen molar-refractivity contribution in [2.24, 2.45) is 10.9 Å². The normalized spacial score (nSPS) is 17.3. The van der Waals surface area contributed by atoms with Gasteiger partial charge in [0.25, 0.3) is 0 Å². The minimum Gasteiger partial charge on any atom is -0.357 e. The first kappa shape index (κ1) is 21.7. The third-order valence-electron chi connectivity index (χ3n) is 4.30. The fourth-order valence-corrected chi connectivity index (χ4v) is 3.92. The van der Waals surface area contributed by atoms with Crippen LogP contribution >= 0.6 is 35.3 Å². The lowest BCUT2D eigenvalue weighted by Gasteiger charge is -2.23. The lowest BCUT2D eigenvalue weighted by atomic mass is 10.2. The van der Waals surface area contributed by atoms with Crippen LogP contribution in [0.15, 0.2) is 17.1 Å². The third kappa shape index (κ3) is 7.27. The monoisotopic (exact) mass is 464 g/mol. The summed E-state index contributed by atoms with van der Waals surface area (Å²) in [5.74, 6) is 1.78. The second kappa shape index (κ2) is 10.6. The topological polar surface area (TPSA) is 39.7 Å². The van der Waals surface area contributed by atoms with Crippen molar-refractivity contribution < 1.29 is 0 Å². The highest BCUT2D eigenvalue weighted by Crippen LogP contribution is 2.34. The van der Waals surface area contributed by atoms with Crippen LogP contribution in [0.1, 0.15) is 36.4 Å². The minimum absolute atomic E-state index is 0. The van der Waals surface area contributed by atoms with Crippen LogP contribution < -0.4 is 10.6 Å². The molecule has 1 heterocycles. The Morgan fingerprint density at radius 1 is 1.38 bits per heavy atom. The summed E-state index contributed by atoms with van der Waals surface area (Å²) in [6.45, 7) is 8.28. The summed E-state index contributed by atoms with van der Waals surface area (Å²) < 4.78 is 0. The molecule has 1 aromatic rings. The first-order chi connectivity index (χ1) is 11.0. The van der Waals surface area contributed by atoms with E-state index in [1.54, 1.807) is 0 Å². The van der Waals surface area contributed by atoms with Crippen molar-refractivity contribution in [1.82, 2.24) is 15.5 Å². The van der Waals surface area contributed by atoms with Gasteiger partial charge in [-0.25, -0.2) is 0 Å². The van der Waals surface area contributed by atoms with Crippen LogP contribution in [0.3, 0.4) is 0 Å². The van der Waals surface area contributed by atoms with E-state index >= 15 is 0 Å². The summed E-state index contributed by atoms with van der Waals surface area (Å²) in [6, 6.07) is 5.38. The maximum absolute atomic E-state index is 4.84. The average Bonchev–Trinajstić information content (AvgIpc) is 3.22. The third-order valence-corrected chi connectivity index (χ3v) is 5.32. The molecule has 0 radical (unpaired) electrons. The molecule has 6 heteroatoms. The molecular formula is C18H33IN4S. The molecule has 2 unspecified atom stereocenters. The van der Waals surface area contributed by atoms with Crippen LogP contribution in [0.2, 0.25) is 0 Å². The van der Waals surface area contributed by atoms with E-state index in [4.69, 9.17) is 4.99 Å². The van der Waals surface area contributed by atoms with Crippen LogP contribution in [-0.2, 0) is 6.42 Å². The molecule has 0 bridgehead atoms. The number of guanidine groups is 1. The Balaban J connectivity index is 0.00000288. The molecule has 138 valence electrons. The van der Waals surface area contributed by atoms with Crippen LogP contribution in [0.5, 0.6) is 0 Å². The van der Waals surface area contributed by atoms with E-state index in [0.29, 0.717) is 12.1 Å². The van der Waals surface area contributed by atoms with Gasteiger partial charge in [0.15, 0.2) is 5.96 Å². The van der Waals surface area contributed by atoms with Gasteiger partial charge in [0.1, 0.15) is 0 Å². The van der Waals surface area contributed by atoms with E-state index in [9.17, 15) is 0 Å². The first-order valence-corrected chi connectivity index (χ1v) is 9.57. The van der Waals surface area contributed by atoms with Crippen molar-refractivity contribution in [2.75, 3.05) is 27.2 Å². The second-order valence-corrected chi connectivity index (χ2v) is 8.22. The van der Waals surface area contributed by atoms with E-state index in [1.165, 1.54) is 22.6 Å². The molecule has 24 heavy (non-hydrogen) atoms. The van der Waals surface area contributed by atoms with Gasteiger partial charge >= 0.3 is 0 Å². The molecule has 1 saturated carbocycles. The van der Waals surface area contributed by atoms with Gasteiger partial charge in [-0.2, -0.15) is 0 Å². The smallest absolute Gasteiger partial charge is 0.191 e. The predicted molar refractivity (Wildman–Crippen MR) is 117 cm³/mol. The number of rotatable bonds is 8. The van der Waals surface area contributed by atoms with E-state index in [-0.39, 0.29) is 24.0 Å². The zero-order valence-electron chi connectivity index (χ0n) is 15.6. The lowest BCUT2D eigenvalue weighted by Crippen LogP contribution is -2.44. The molecule has 2 atom stereocenters. The van der Waals surface area contributed by atoms with Gasteiger partial charge in [-0.15, -0.1) is 35.3 Å². The van der Waals surface area contributed by atoms with Gasteiger partial charge in [-0.05, 0) is 65.8 Å². The van der Waals surface area contributed by atoms with E-state index in [0.717, 1.165) is 31.4 Å². The van der Waals surface area contributed by atoms with Gasteiger partial charge < -0.3 is 15.5 Å². The number of hydrogen-bond acceptors (Lipinski definition) is 3. The average molecular weight is 464 g/mol. The maximum Gasteiger partial charge on any atom is 0.191 e. The highest BCUT2D eigenvalue weighted by atomic mass is 127. The van der Waals surface area contributed by atoms with Crippen LogP contribution in [-0.4, -0.2) is 50.1 Å². The fourth-order valence-electron chi connectivity index (χ4n) is 2.90. The number of aliphatic imine (C=N–C) groups is 1. The molecule has 0 spiro atoms. The summed E-state index contributed by atoms with van der Waals surface area (Å²) in [5, 5.41) is 6.94. The predicted octanol–water partition coefficient (Wildman–Crippen LogP) is 3.50. The zero-order chi connectivity index (χ0) is 16.8. The van der Waals surface area contributed by atoms with Crippen LogP contribution in [0, 0.1) is 12.8 Å². The first-order valence-electron chi connectivity index (χ1n) is 8.76. The Labute approximate surface area is 168 Å². The number of nitrogens with one attached hydrogen (secondary N) is 2. The molecule has 1 aliphatic carbocycles. The number of hydrogen-bond donors (Lipinski definition) is 2. The van der Waals surface area contributed by atoms with Gasteiger partial charge in [0, 0.05) is 34.8 Å². The Morgan fingerprint density at radius 3 is 2.58 bits per heavy atom. The standard InChI is InChI=1S/C18H32N4S.HI/c1-6-19-18(20-12-17(22(4)5)15-8-9-15)21-13(2)11-16-10-7-14(3)23-16;/h7,10,13,15,17H,6,8-9,11-12H2,1-5H3,(H2,19,20,21);1H. The van der Waals surface area contributed by atoms with Crippen molar-refractivity contribution in [1.29, 1.82) is 0 Å². The number of halogens is 1. The Kier molecular flexibility index (Phi) is 9.59. The van der Waals surface area contributed by atoms with Crippen molar-refractivity contribution >= 4 is 41.3 Å². The molecule has 0 saturated heterocycles. The SMILES string of the molecule is CCNC(=NCC(C1CC1)N(C)C)NC(C)Cc1ccc(C)s1.I. The summed E-state index contributed by atoms with van der Waals surface area (Å²) in [6.07, 6.45) is 3.76.